The fraction of sp³-hybridized carbons (Fsp3) is 0.571. The highest BCUT2D eigenvalue weighted by Crippen LogP contribution is 2.30. The summed E-state index contributed by atoms with van der Waals surface area (Å²) >= 11 is 0. The van der Waals surface area contributed by atoms with Crippen molar-refractivity contribution in [3.05, 3.63) is 46.0 Å². The lowest BCUT2D eigenvalue weighted by atomic mass is 9.87. The maximum atomic E-state index is 11.3. The highest BCUT2D eigenvalue weighted by Gasteiger charge is 2.38. The third-order valence-corrected chi connectivity index (χ3v) is 3.32. The van der Waals surface area contributed by atoms with E-state index < -0.39 is 5.54 Å². The monoisotopic (exact) mass is 235 g/mol. The van der Waals surface area contributed by atoms with Crippen molar-refractivity contribution in [2.24, 2.45) is 0 Å². The van der Waals surface area contributed by atoms with Crippen LogP contribution in [0.15, 0.2) is 30.3 Å². The van der Waals surface area contributed by atoms with Gasteiger partial charge in [-0.25, -0.2) is 0 Å². The molecule has 3 heteroatoms. The molecule has 0 aliphatic heterocycles. The highest BCUT2D eigenvalue weighted by atomic mass is 16.6. The average molecular weight is 235 g/mol. The molecule has 0 fully saturated rings. The van der Waals surface area contributed by atoms with E-state index in [2.05, 4.69) is 6.92 Å². The van der Waals surface area contributed by atoms with Crippen LogP contribution in [0.2, 0.25) is 0 Å². The van der Waals surface area contributed by atoms with Crippen molar-refractivity contribution in [2.75, 3.05) is 0 Å². The van der Waals surface area contributed by atoms with Crippen LogP contribution >= 0.6 is 0 Å². The molecular formula is C14H21NO2. The SMILES string of the molecule is CCCCCCC(C)(c1ccccc1)[N+](=O)[O-]. The van der Waals surface area contributed by atoms with Crippen molar-refractivity contribution >= 4 is 0 Å². The molecule has 0 saturated heterocycles. The second kappa shape index (κ2) is 6.38. The Kier molecular flexibility index (Phi) is 5.13. The van der Waals surface area contributed by atoms with Gasteiger partial charge in [0, 0.05) is 23.8 Å². The Bertz CT molecular complexity index is 350. The molecule has 0 spiro atoms. The molecule has 1 unspecified atom stereocenters. The van der Waals surface area contributed by atoms with Crippen LogP contribution in [0.3, 0.4) is 0 Å². The first-order chi connectivity index (χ1) is 8.11. The van der Waals surface area contributed by atoms with Crippen molar-refractivity contribution in [3.8, 4) is 0 Å². The molecule has 0 N–H and O–H groups in total. The third-order valence-electron chi connectivity index (χ3n) is 3.32. The lowest BCUT2D eigenvalue weighted by Crippen LogP contribution is -2.31. The van der Waals surface area contributed by atoms with Gasteiger partial charge < -0.3 is 0 Å². The molecule has 1 atom stereocenters. The van der Waals surface area contributed by atoms with Crippen LogP contribution in [0.1, 0.15) is 51.5 Å². The van der Waals surface area contributed by atoms with Gasteiger partial charge in [-0.15, -0.1) is 0 Å². The van der Waals surface area contributed by atoms with E-state index in [1.807, 2.05) is 30.3 Å². The number of nitro groups is 1. The highest BCUT2D eigenvalue weighted by molar-refractivity contribution is 5.21. The van der Waals surface area contributed by atoms with Gasteiger partial charge in [0.25, 0.3) is 0 Å². The molecule has 0 aromatic heterocycles. The molecule has 0 radical (unpaired) electrons. The van der Waals surface area contributed by atoms with Crippen molar-refractivity contribution in [1.29, 1.82) is 0 Å². The summed E-state index contributed by atoms with van der Waals surface area (Å²) in [4.78, 5) is 11.1. The molecule has 0 saturated carbocycles. The molecule has 1 aromatic carbocycles. The first kappa shape index (κ1) is 13.7. The van der Waals surface area contributed by atoms with Crippen LogP contribution in [-0.2, 0) is 5.54 Å². The second-order valence-corrected chi connectivity index (χ2v) is 4.71. The van der Waals surface area contributed by atoms with Gasteiger partial charge in [-0.3, -0.25) is 10.1 Å². The largest absolute Gasteiger partial charge is 0.264 e. The summed E-state index contributed by atoms with van der Waals surface area (Å²) in [5, 5.41) is 11.3. The van der Waals surface area contributed by atoms with Gasteiger partial charge in [0.15, 0.2) is 0 Å². The first-order valence-corrected chi connectivity index (χ1v) is 6.31. The van der Waals surface area contributed by atoms with Gasteiger partial charge in [-0.2, -0.15) is 0 Å². The topological polar surface area (TPSA) is 43.1 Å². The molecule has 0 amide bonds. The lowest BCUT2D eigenvalue weighted by Gasteiger charge is -2.21. The van der Waals surface area contributed by atoms with E-state index in [0.717, 1.165) is 31.2 Å². The Hall–Kier alpha value is -1.38. The maximum absolute atomic E-state index is 11.3. The third kappa shape index (κ3) is 3.55. The average Bonchev–Trinajstić information content (AvgIpc) is 2.35. The maximum Gasteiger partial charge on any atom is 0.244 e. The second-order valence-electron chi connectivity index (χ2n) is 4.71. The minimum atomic E-state index is -0.936. The number of rotatable bonds is 7. The van der Waals surface area contributed by atoms with Crippen LogP contribution in [0.4, 0.5) is 0 Å². The summed E-state index contributed by atoms with van der Waals surface area (Å²) in [5.41, 5.74) is -0.129. The molecule has 3 nitrogen and oxygen atoms in total. The number of unbranched alkanes of at least 4 members (excludes halogenated alkanes) is 3. The van der Waals surface area contributed by atoms with E-state index in [9.17, 15) is 10.1 Å². The van der Waals surface area contributed by atoms with E-state index in [0.29, 0.717) is 6.42 Å². The summed E-state index contributed by atoms with van der Waals surface area (Å²) in [7, 11) is 0. The first-order valence-electron chi connectivity index (χ1n) is 6.31. The predicted molar refractivity (Wildman–Crippen MR) is 69.5 cm³/mol. The van der Waals surface area contributed by atoms with Crippen molar-refractivity contribution in [2.45, 2.75) is 51.5 Å². The Labute approximate surface area is 103 Å². The van der Waals surface area contributed by atoms with Crippen LogP contribution in [0.25, 0.3) is 0 Å². The van der Waals surface area contributed by atoms with Gasteiger partial charge >= 0.3 is 0 Å². The van der Waals surface area contributed by atoms with Gasteiger partial charge in [-0.05, 0) is 6.42 Å². The predicted octanol–water partition coefficient (Wildman–Crippen LogP) is 4.15. The van der Waals surface area contributed by atoms with Crippen LogP contribution in [-0.4, -0.2) is 4.92 Å². The lowest BCUT2D eigenvalue weighted by molar-refractivity contribution is -0.576. The van der Waals surface area contributed by atoms with E-state index >= 15 is 0 Å². The summed E-state index contributed by atoms with van der Waals surface area (Å²) in [5.74, 6) is 0. The molecule has 1 rings (SSSR count). The van der Waals surface area contributed by atoms with Gasteiger partial charge in [0.1, 0.15) is 0 Å². The fourth-order valence-electron chi connectivity index (χ4n) is 2.03. The molecule has 0 heterocycles. The number of benzene rings is 1. The van der Waals surface area contributed by atoms with E-state index in [4.69, 9.17) is 0 Å². The van der Waals surface area contributed by atoms with Crippen molar-refractivity contribution < 1.29 is 4.92 Å². The Balaban J connectivity index is 2.73. The molecule has 0 aliphatic rings. The summed E-state index contributed by atoms with van der Waals surface area (Å²) in [6.07, 6.45) is 4.92. The standard InChI is InChI=1S/C14H21NO2/c1-3-4-5-9-12-14(2,15(16)17)13-10-7-6-8-11-13/h6-8,10-11H,3-5,9,12H2,1-2H3. The molecular weight excluding hydrogens is 214 g/mol. The van der Waals surface area contributed by atoms with Gasteiger partial charge in [0.05, 0.1) is 0 Å². The smallest absolute Gasteiger partial charge is 0.244 e. The van der Waals surface area contributed by atoms with Crippen LogP contribution in [0.5, 0.6) is 0 Å². The Morgan fingerprint density at radius 1 is 1.18 bits per heavy atom. The van der Waals surface area contributed by atoms with E-state index in [1.54, 1.807) is 6.92 Å². The molecule has 0 aliphatic carbocycles. The number of hydrogen-bond donors (Lipinski definition) is 0. The summed E-state index contributed by atoms with van der Waals surface area (Å²) < 4.78 is 0. The zero-order valence-corrected chi connectivity index (χ0v) is 10.7. The van der Waals surface area contributed by atoms with Crippen molar-refractivity contribution in [1.82, 2.24) is 0 Å². The molecule has 0 bridgehead atoms. The normalized spacial score (nSPS) is 14.2. The minimum Gasteiger partial charge on any atom is -0.264 e. The van der Waals surface area contributed by atoms with E-state index in [-0.39, 0.29) is 4.92 Å². The van der Waals surface area contributed by atoms with Gasteiger partial charge in [0.2, 0.25) is 5.54 Å². The zero-order valence-electron chi connectivity index (χ0n) is 10.7. The Morgan fingerprint density at radius 2 is 1.82 bits per heavy atom. The van der Waals surface area contributed by atoms with Crippen LogP contribution in [0, 0.1) is 10.1 Å². The minimum absolute atomic E-state index is 0.145. The Morgan fingerprint density at radius 3 is 2.35 bits per heavy atom. The summed E-state index contributed by atoms with van der Waals surface area (Å²) in [6, 6.07) is 9.32. The summed E-state index contributed by atoms with van der Waals surface area (Å²) in [6.45, 7) is 3.87. The van der Waals surface area contributed by atoms with Gasteiger partial charge in [-0.1, -0.05) is 56.5 Å². The number of hydrogen-bond acceptors (Lipinski definition) is 2. The van der Waals surface area contributed by atoms with Crippen LogP contribution < -0.4 is 0 Å². The number of nitrogens with zero attached hydrogens (tertiary/aromatic N) is 1. The molecule has 17 heavy (non-hydrogen) atoms. The van der Waals surface area contributed by atoms with Crippen molar-refractivity contribution in [3.63, 3.8) is 0 Å². The van der Waals surface area contributed by atoms with E-state index in [1.165, 1.54) is 0 Å². The zero-order chi connectivity index (χ0) is 12.7. The molecule has 1 aromatic rings. The quantitative estimate of drug-likeness (QED) is 0.405. The molecule has 94 valence electrons. The fourth-order valence-corrected chi connectivity index (χ4v) is 2.03.